The molecule has 1 N–H and O–H groups in total. The number of para-hydroxylation sites is 1. The molecule has 1 saturated carbocycles. The van der Waals surface area contributed by atoms with E-state index >= 15 is 0 Å². The molecule has 0 spiro atoms. The maximum absolute atomic E-state index is 14.9. The molecule has 1 aliphatic carbocycles. The Balaban J connectivity index is 1.19. The number of fused-ring (bicyclic) bond motifs is 5. The summed E-state index contributed by atoms with van der Waals surface area (Å²) < 4.78 is 6.62. The monoisotopic (exact) mass is 718 g/mol. The first-order valence-corrected chi connectivity index (χ1v) is 17.8. The molecular formula is C38H31ClN6O5S. The molecule has 2 aliphatic heterocycles. The molecule has 0 bridgehead atoms. The fourth-order valence-electron chi connectivity index (χ4n) is 8.56. The fourth-order valence-corrected chi connectivity index (χ4v) is 9.87. The Morgan fingerprint density at radius 1 is 0.961 bits per heavy atom. The van der Waals surface area contributed by atoms with Crippen molar-refractivity contribution in [3.05, 3.63) is 128 Å². The third-order valence-electron chi connectivity index (χ3n) is 11.0. The lowest BCUT2D eigenvalue weighted by Gasteiger charge is -2.47. The van der Waals surface area contributed by atoms with Crippen molar-refractivity contribution in [3.63, 3.8) is 0 Å². The van der Waals surface area contributed by atoms with Crippen molar-refractivity contribution < 1.29 is 14.7 Å². The van der Waals surface area contributed by atoms with Crippen molar-refractivity contribution in [2.75, 3.05) is 4.90 Å². The van der Waals surface area contributed by atoms with Gasteiger partial charge >= 0.3 is 11.4 Å². The highest BCUT2D eigenvalue weighted by molar-refractivity contribution is 7.22. The van der Waals surface area contributed by atoms with Gasteiger partial charge in [0.15, 0.2) is 0 Å². The maximum atomic E-state index is 14.9. The quantitative estimate of drug-likeness (QED) is 0.178. The van der Waals surface area contributed by atoms with Crippen LogP contribution in [0.3, 0.4) is 0 Å². The zero-order valence-electron chi connectivity index (χ0n) is 27.8. The van der Waals surface area contributed by atoms with E-state index in [1.165, 1.54) is 14.3 Å². The van der Waals surface area contributed by atoms with Gasteiger partial charge in [0.25, 0.3) is 0 Å². The number of carbonyl (C=O) groups is 2. The number of aromatic hydroxyl groups is 1. The summed E-state index contributed by atoms with van der Waals surface area (Å²) in [4.78, 5) is 59.7. The number of rotatable bonds is 4. The van der Waals surface area contributed by atoms with Crippen molar-refractivity contribution >= 4 is 50.7 Å². The highest BCUT2D eigenvalue weighted by Crippen LogP contribution is 2.61. The summed E-state index contributed by atoms with van der Waals surface area (Å²) in [6, 6.07) is 22.2. The first kappa shape index (κ1) is 31.5. The van der Waals surface area contributed by atoms with Gasteiger partial charge in [0.1, 0.15) is 17.3 Å². The van der Waals surface area contributed by atoms with Crippen molar-refractivity contribution in [3.8, 4) is 22.0 Å². The minimum Gasteiger partial charge on any atom is -0.508 e. The van der Waals surface area contributed by atoms with E-state index in [2.05, 4.69) is 0 Å². The molecule has 2 fully saturated rings. The maximum Gasteiger partial charge on any atom is 0.352 e. The Labute approximate surface area is 299 Å². The number of imide groups is 1. The number of hydrogen-bond donors (Lipinski definition) is 1. The molecule has 3 aromatic carbocycles. The van der Waals surface area contributed by atoms with Crippen LogP contribution >= 0.6 is 22.9 Å². The molecule has 3 aromatic heterocycles. The van der Waals surface area contributed by atoms with Crippen molar-refractivity contribution in [2.45, 2.75) is 38.8 Å². The van der Waals surface area contributed by atoms with E-state index in [9.17, 15) is 24.3 Å². The highest BCUT2D eigenvalue weighted by Gasteiger charge is 2.65. The minimum absolute atomic E-state index is 0.0621. The second kappa shape index (κ2) is 11.0. The van der Waals surface area contributed by atoms with E-state index in [0.29, 0.717) is 22.2 Å². The topological polar surface area (TPSA) is 124 Å². The Kier molecular flexibility index (Phi) is 6.81. The van der Waals surface area contributed by atoms with Gasteiger partial charge in [-0.25, -0.2) is 28.4 Å². The molecule has 256 valence electrons. The third-order valence-corrected chi connectivity index (χ3v) is 12.5. The van der Waals surface area contributed by atoms with E-state index in [4.69, 9.17) is 16.7 Å². The number of thiophene rings is 1. The van der Waals surface area contributed by atoms with Gasteiger partial charge in [-0.2, -0.15) is 5.10 Å². The van der Waals surface area contributed by atoms with Gasteiger partial charge in [0.05, 0.1) is 34.5 Å². The smallest absolute Gasteiger partial charge is 0.352 e. The number of phenols is 1. The molecule has 0 radical (unpaired) electrons. The summed E-state index contributed by atoms with van der Waals surface area (Å²) in [5.41, 5.74) is 1.33. The Morgan fingerprint density at radius 2 is 1.71 bits per heavy atom. The number of halogens is 1. The Morgan fingerprint density at radius 3 is 2.45 bits per heavy atom. The minimum atomic E-state index is -1.25. The summed E-state index contributed by atoms with van der Waals surface area (Å²) in [6.07, 6.45) is 2.05. The molecule has 51 heavy (non-hydrogen) atoms. The molecule has 6 aromatic rings. The van der Waals surface area contributed by atoms with Crippen LogP contribution in [0.2, 0.25) is 5.02 Å². The van der Waals surface area contributed by atoms with Gasteiger partial charge in [0.2, 0.25) is 11.8 Å². The van der Waals surface area contributed by atoms with E-state index in [-0.39, 0.29) is 24.6 Å². The first-order valence-electron chi connectivity index (χ1n) is 16.6. The van der Waals surface area contributed by atoms with Gasteiger partial charge in [0, 0.05) is 28.8 Å². The number of carbonyl (C=O) groups excluding carboxylic acids is 2. The van der Waals surface area contributed by atoms with E-state index in [1.54, 1.807) is 77.7 Å². The number of allylic oxidation sites excluding steroid dienone is 2. The zero-order chi connectivity index (χ0) is 35.5. The summed E-state index contributed by atoms with van der Waals surface area (Å²) in [6.45, 7) is 3.94. The normalized spacial score (nSPS) is 22.6. The van der Waals surface area contributed by atoms with Crippen LogP contribution in [0, 0.1) is 18.3 Å². The molecular weight excluding hydrogens is 688 g/mol. The summed E-state index contributed by atoms with van der Waals surface area (Å²) in [5.74, 6) is -1.84. The lowest BCUT2D eigenvalue weighted by molar-refractivity contribution is -0.129. The van der Waals surface area contributed by atoms with Gasteiger partial charge in [-0.15, -0.1) is 11.3 Å². The second-order valence-corrected chi connectivity index (χ2v) is 15.2. The predicted octanol–water partition coefficient (Wildman–Crippen LogP) is 5.95. The average Bonchev–Trinajstić information content (AvgIpc) is 3.79. The number of amides is 2. The van der Waals surface area contributed by atoms with Crippen molar-refractivity contribution in [2.24, 2.45) is 18.4 Å². The van der Waals surface area contributed by atoms with E-state index in [0.717, 1.165) is 36.2 Å². The zero-order valence-corrected chi connectivity index (χ0v) is 29.4. The average molecular weight is 719 g/mol. The number of phenolic OH excluding ortho intramolecular Hbond substituents is 1. The lowest BCUT2D eigenvalue weighted by atomic mass is 9.56. The van der Waals surface area contributed by atoms with Crippen LogP contribution in [-0.4, -0.2) is 40.6 Å². The molecule has 5 heterocycles. The molecule has 4 unspecified atom stereocenters. The van der Waals surface area contributed by atoms with E-state index < -0.39 is 40.6 Å². The largest absolute Gasteiger partial charge is 0.508 e. The van der Waals surface area contributed by atoms with Crippen LogP contribution in [0.1, 0.15) is 36.4 Å². The van der Waals surface area contributed by atoms with Gasteiger partial charge in [-0.3, -0.25) is 14.3 Å². The number of hydrogen-bond acceptors (Lipinski definition) is 7. The van der Waals surface area contributed by atoms with Crippen LogP contribution in [0.5, 0.6) is 5.75 Å². The molecule has 13 heteroatoms. The van der Waals surface area contributed by atoms with Crippen molar-refractivity contribution in [1.29, 1.82) is 0 Å². The standard InChI is InChI=1S/C38H31ClN6O5S/c1-20-26-17-22(39)11-14-30(26)51-33(20)28-19-31(41(3)40-28)44-34(47)27-18-29-25(32(38(27,2)35(44)48)21-9-12-24(46)13-10-21)15-16-42-36(49)43(37(50)45(29)42)23-7-5-4-6-8-23/h4-15,17,19,27,29,32,46H,16,18H2,1-3H3. The van der Waals surface area contributed by atoms with Crippen LogP contribution in [0.15, 0.2) is 100 Å². The molecule has 11 nitrogen and oxygen atoms in total. The molecule has 2 amide bonds. The molecule has 4 atom stereocenters. The number of benzene rings is 3. The fraction of sp³-hybridized carbons (Fsp3) is 0.237. The summed E-state index contributed by atoms with van der Waals surface area (Å²) in [7, 11) is 1.72. The number of nitrogens with zero attached hydrogens (tertiary/aromatic N) is 6. The number of aryl methyl sites for hydroxylation is 2. The first-order chi connectivity index (χ1) is 24.5. The van der Waals surface area contributed by atoms with Crippen molar-refractivity contribution in [1.82, 2.24) is 23.7 Å². The Bertz CT molecular complexity index is 2610. The van der Waals surface area contributed by atoms with Gasteiger partial charge in [-0.05, 0) is 84.8 Å². The van der Waals surface area contributed by atoms with Crippen LogP contribution in [0.25, 0.3) is 26.3 Å². The summed E-state index contributed by atoms with van der Waals surface area (Å²) in [5, 5.41) is 16.6. The Hall–Kier alpha value is -5.46. The second-order valence-electron chi connectivity index (χ2n) is 13.7. The number of anilines is 1. The molecule has 1 saturated heterocycles. The van der Waals surface area contributed by atoms with Gasteiger partial charge in [-0.1, -0.05) is 48.0 Å². The summed E-state index contributed by atoms with van der Waals surface area (Å²) >= 11 is 7.87. The molecule has 3 aliphatic rings. The SMILES string of the molecule is Cc1c(-c2cc(N3C(=O)C4CC5C(=CCn6c(=O)n(-c7ccccc7)c(=O)n65)C(c5ccc(O)cc5)C4(C)C3=O)n(C)n2)sc2ccc(Cl)cc12. The lowest BCUT2D eigenvalue weighted by Crippen LogP contribution is -2.49. The number of aromatic nitrogens is 5. The predicted molar refractivity (Wildman–Crippen MR) is 195 cm³/mol. The van der Waals surface area contributed by atoms with Gasteiger partial charge < -0.3 is 5.11 Å². The van der Waals surface area contributed by atoms with E-state index in [1.807, 2.05) is 44.2 Å². The highest BCUT2D eigenvalue weighted by atomic mass is 35.5. The third kappa shape index (κ3) is 4.32. The molecule has 9 rings (SSSR count). The van der Waals surface area contributed by atoms with Crippen LogP contribution in [-0.2, 0) is 23.2 Å². The van der Waals surface area contributed by atoms with Crippen LogP contribution in [0.4, 0.5) is 5.82 Å². The van der Waals surface area contributed by atoms with Crippen LogP contribution < -0.4 is 16.3 Å².